The van der Waals surface area contributed by atoms with Gasteiger partial charge in [0, 0.05) is 0 Å². The minimum atomic E-state index is -0.0677. The van der Waals surface area contributed by atoms with Crippen LogP contribution in [0.15, 0.2) is 0 Å². The Morgan fingerprint density at radius 3 is 2.00 bits per heavy atom. The van der Waals surface area contributed by atoms with E-state index in [1.807, 2.05) is 0 Å². The molecule has 0 unspecified atom stereocenters. The Morgan fingerprint density at radius 1 is 1.00 bits per heavy atom. The molecule has 0 aromatic heterocycles. The Morgan fingerprint density at radius 2 is 1.57 bits per heavy atom. The van der Waals surface area contributed by atoms with E-state index in [2.05, 4.69) is 4.85 Å². The van der Waals surface area contributed by atoms with Crippen LogP contribution in [0, 0.1) is 17.9 Å². The van der Waals surface area contributed by atoms with Crippen LogP contribution in [-0.4, -0.2) is 0 Å². The molecular weight excluding hydrogens is 266 g/mol. The maximum atomic E-state index is 8.71. The molecule has 0 N–H and O–H groups in total. The first-order valence-corrected chi connectivity index (χ1v) is 4.69. The summed E-state index contributed by atoms with van der Waals surface area (Å²) in [5, 5.41) is 8.55. The quantitative estimate of drug-likeness (QED) is 0.379. The third-order valence-electron chi connectivity index (χ3n) is 1.46. The fourth-order valence-electron chi connectivity index (χ4n) is 0.817. The summed E-state index contributed by atoms with van der Waals surface area (Å²) in [6.45, 7) is 6.81. The molecule has 0 atom stereocenters. The van der Waals surface area contributed by atoms with Gasteiger partial charge in [0.25, 0.3) is 0 Å². The first kappa shape index (κ1) is 11.4. The molecule has 6 heteroatoms. The maximum Gasteiger partial charge on any atom is 0.226 e. The van der Waals surface area contributed by atoms with Crippen LogP contribution >= 0.6 is 46.4 Å². The van der Waals surface area contributed by atoms with Gasteiger partial charge in [-0.15, -0.1) is 0 Å². The van der Waals surface area contributed by atoms with Crippen molar-refractivity contribution in [1.29, 1.82) is 5.26 Å². The van der Waals surface area contributed by atoms with Gasteiger partial charge >= 0.3 is 0 Å². The largest absolute Gasteiger partial charge is 0.235 e. The van der Waals surface area contributed by atoms with Gasteiger partial charge in [-0.2, -0.15) is 5.26 Å². The summed E-state index contributed by atoms with van der Waals surface area (Å²) in [4.78, 5) is 3.07. The normalized spacial score (nSPS) is 9.29. The lowest BCUT2D eigenvalue weighted by molar-refractivity contribution is 1.49. The SMILES string of the molecule is [C-]#[N+]c1c(Cl)c(Cl)c(Cl)c(C#N)c1Cl. The van der Waals surface area contributed by atoms with Crippen molar-refractivity contribution < 1.29 is 0 Å². The average Bonchev–Trinajstić information content (AvgIpc) is 2.16. The Kier molecular flexibility index (Phi) is 3.48. The molecule has 2 nitrogen and oxygen atoms in total. The van der Waals surface area contributed by atoms with Crippen LogP contribution in [0.25, 0.3) is 4.85 Å². The molecule has 0 amide bonds. The Labute approximate surface area is 100 Å². The van der Waals surface area contributed by atoms with Crippen LogP contribution in [0.2, 0.25) is 20.1 Å². The zero-order chi connectivity index (χ0) is 10.9. The van der Waals surface area contributed by atoms with Gasteiger partial charge in [0.2, 0.25) is 5.69 Å². The highest BCUT2D eigenvalue weighted by Crippen LogP contribution is 2.45. The predicted molar refractivity (Wildman–Crippen MR) is 57.5 cm³/mol. The van der Waals surface area contributed by atoms with Gasteiger partial charge in [0.1, 0.15) is 6.07 Å². The Hall–Kier alpha value is -0.640. The fraction of sp³-hybridized carbons (Fsp3) is 0. The summed E-state index contributed by atoms with van der Waals surface area (Å²) in [5.41, 5.74) is -0.0898. The number of halogens is 4. The van der Waals surface area contributed by atoms with Crippen molar-refractivity contribution >= 4 is 52.1 Å². The van der Waals surface area contributed by atoms with Gasteiger partial charge < -0.3 is 0 Å². The maximum absolute atomic E-state index is 8.71. The molecule has 0 aliphatic rings. The Balaban J connectivity index is 3.78. The number of nitriles is 1. The second-order valence-electron chi connectivity index (χ2n) is 2.20. The summed E-state index contributed by atoms with van der Waals surface area (Å²) in [6.07, 6.45) is 0. The second kappa shape index (κ2) is 4.26. The molecule has 70 valence electrons. The number of hydrogen-bond acceptors (Lipinski definition) is 1. The van der Waals surface area contributed by atoms with E-state index in [1.165, 1.54) is 0 Å². The first-order chi connectivity index (χ1) is 6.54. The molecule has 0 bridgehead atoms. The highest BCUT2D eigenvalue weighted by molar-refractivity contribution is 6.52. The molecule has 0 radical (unpaired) electrons. The van der Waals surface area contributed by atoms with Gasteiger partial charge in [-0.05, 0) is 0 Å². The zero-order valence-corrected chi connectivity index (χ0v) is 9.43. The van der Waals surface area contributed by atoms with Crippen molar-refractivity contribution in [3.05, 3.63) is 37.1 Å². The van der Waals surface area contributed by atoms with E-state index in [4.69, 9.17) is 58.2 Å². The second-order valence-corrected chi connectivity index (χ2v) is 3.72. The number of hydrogen-bond donors (Lipinski definition) is 0. The van der Waals surface area contributed by atoms with Crippen LogP contribution in [0.1, 0.15) is 5.56 Å². The van der Waals surface area contributed by atoms with E-state index in [9.17, 15) is 0 Å². The van der Waals surface area contributed by atoms with Gasteiger partial charge in [-0.3, -0.25) is 0 Å². The van der Waals surface area contributed by atoms with Crippen molar-refractivity contribution in [2.75, 3.05) is 0 Å². The average molecular weight is 266 g/mol. The number of benzene rings is 1. The molecule has 0 aliphatic carbocycles. The molecule has 1 aromatic carbocycles. The molecule has 0 spiro atoms. The highest BCUT2D eigenvalue weighted by atomic mass is 35.5. The molecular formula is C8Cl4N2. The summed E-state index contributed by atoms with van der Waals surface area (Å²) in [6, 6.07) is 1.76. The standard InChI is InChI=1S/C8Cl4N2/c1-14-8-5(10)3(2-13)4(9)6(11)7(8)12. The third kappa shape index (κ3) is 1.63. The van der Waals surface area contributed by atoms with Crippen LogP contribution in [0.4, 0.5) is 5.69 Å². The van der Waals surface area contributed by atoms with E-state index >= 15 is 0 Å². The van der Waals surface area contributed by atoms with Crippen LogP contribution in [-0.2, 0) is 0 Å². The summed E-state index contributed by atoms with van der Waals surface area (Å²) in [7, 11) is 0. The molecule has 0 aliphatic heterocycles. The van der Waals surface area contributed by atoms with Crippen molar-refractivity contribution in [2.24, 2.45) is 0 Å². The van der Waals surface area contributed by atoms with Crippen molar-refractivity contribution in [3.8, 4) is 6.07 Å². The summed E-state index contributed by atoms with van der Waals surface area (Å²) >= 11 is 22.8. The molecule has 1 rings (SSSR count). The van der Waals surface area contributed by atoms with Crippen LogP contribution in [0.3, 0.4) is 0 Å². The lowest BCUT2D eigenvalue weighted by Crippen LogP contribution is -1.83. The lowest BCUT2D eigenvalue weighted by Gasteiger charge is -2.06. The molecule has 0 saturated heterocycles. The molecule has 0 heterocycles. The molecule has 0 fully saturated rings. The minimum Gasteiger partial charge on any atom is -0.235 e. The van der Waals surface area contributed by atoms with Gasteiger partial charge in [-0.1, -0.05) is 46.4 Å². The minimum absolute atomic E-state index is 0.0275. The summed E-state index contributed by atoms with van der Waals surface area (Å²) in [5.74, 6) is 0. The van der Waals surface area contributed by atoms with Crippen molar-refractivity contribution in [2.45, 2.75) is 0 Å². The predicted octanol–water partition coefficient (Wildman–Crippen LogP) is 4.72. The van der Waals surface area contributed by atoms with Gasteiger partial charge in [-0.25, -0.2) is 4.85 Å². The van der Waals surface area contributed by atoms with Crippen LogP contribution < -0.4 is 0 Å². The number of rotatable bonds is 0. The first-order valence-electron chi connectivity index (χ1n) is 3.18. The monoisotopic (exact) mass is 264 g/mol. The van der Waals surface area contributed by atoms with Crippen LogP contribution in [0.5, 0.6) is 0 Å². The Bertz CT molecular complexity index is 441. The van der Waals surface area contributed by atoms with Gasteiger partial charge in [0.15, 0.2) is 0 Å². The van der Waals surface area contributed by atoms with Gasteiger partial charge in [0.05, 0.1) is 32.2 Å². The topological polar surface area (TPSA) is 28.1 Å². The fourth-order valence-corrected chi connectivity index (χ4v) is 1.88. The van der Waals surface area contributed by atoms with Crippen molar-refractivity contribution in [1.82, 2.24) is 0 Å². The lowest BCUT2D eigenvalue weighted by atomic mass is 10.2. The highest BCUT2D eigenvalue weighted by Gasteiger charge is 2.19. The third-order valence-corrected chi connectivity index (χ3v) is 3.15. The van der Waals surface area contributed by atoms with Crippen molar-refractivity contribution in [3.63, 3.8) is 0 Å². The smallest absolute Gasteiger partial charge is 0.226 e. The molecule has 14 heavy (non-hydrogen) atoms. The molecule has 0 saturated carbocycles. The van der Waals surface area contributed by atoms with E-state index in [0.29, 0.717) is 0 Å². The van der Waals surface area contributed by atoms with E-state index < -0.39 is 0 Å². The summed E-state index contributed by atoms with van der Waals surface area (Å²) < 4.78 is 0. The van der Waals surface area contributed by atoms with E-state index in [-0.39, 0.29) is 31.3 Å². The zero-order valence-electron chi connectivity index (χ0n) is 6.41. The number of nitrogens with zero attached hydrogens (tertiary/aromatic N) is 2. The van der Waals surface area contributed by atoms with E-state index in [1.54, 1.807) is 6.07 Å². The van der Waals surface area contributed by atoms with E-state index in [0.717, 1.165) is 0 Å². The molecule has 1 aromatic rings.